The van der Waals surface area contributed by atoms with Gasteiger partial charge in [0.05, 0.1) is 29.6 Å². The number of amides is 1. The number of fused-ring (bicyclic) bond motifs is 2. The van der Waals surface area contributed by atoms with Gasteiger partial charge < -0.3 is 4.90 Å². The van der Waals surface area contributed by atoms with E-state index in [1.165, 1.54) is 10.5 Å². The molecule has 2 aromatic rings. The van der Waals surface area contributed by atoms with E-state index in [1.807, 2.05) is 19.1 Å². The van der Waals surface area contributed by atoms with Gasteiger partial charge in [0.1, 0.15) is 5.82 Å². The standard InChI is InChI=1S/C17H17N3O2S/c1-10-18-13-9-20(8-12(13)16(21)19(10)2)17(22)15-7-11-5-3-4-6-14(11)23-15/h3-6,15H,7-9H2,1-2H3. The van der Waals surface area contributed by atoms with Crippen LogP contribution in [-0.4, -0.2) is 25.6 Å². The number of aryl methyl sites for hydroxylation is 1. The Bertz CT molecular complexity index is 850. The number of hydrogen-bond acceptors (Lipinski definition) is 4. The van der Waals surface area contributed by atoms with Crippen LogP contribution in [0.5, 0.6) is 0 Å². The lowest BCUT2D eigenvalue weighted by atomic mass is 10.1. The van der Waals surface area contributed by atoms with Crippen LogP contribution in [0.1, 0.15) is 22.6 Å². The molecule has 2 aliphatic heterocycles. The number of carbonyl (C=O) groups is 1. The number of hydrogen-bond donors (Lipinski definition) is 0. The summed E-state index contributed by atoms with van der Waals surface area (Å²) in [6.45, 7) is 2.63. The topological polar surface area (TPSA) is 55.2 Å². The van der Waals surface area contributed by atoms with Gasteiger partial charge in [-0.2, -0.15) is 0 Å². The van der Waals surface area contributed by atoms with Gasteiger partial charge in [-0.05, 0) is 25.0 Å². The molecule has 3 heterocycles. The lowest BCUT2D eigenvalue weighted by Gasteiger charge is -2.18. The van der Waals surface area contributed by atoms with Gasteiger partial charge in [0.25, 0.3) is 5.56 Å². The largest absolute Gasteiger partial charge is 0.331 e. The molecule has 0 fully saturated rings. The molecule has 1 unspecified atom stereocenters. The van der Waals surface area contributed by atoms with Crippen LogP contribution < -0.4 is 5.56 Å². The normalized spacial score (nSPS) is 18.9. The molecule has 23 heavy (non-hydrogen) atoms. The lowest BCUT2D eigenvalue weighted by Crippen LogP contribution is -2.34. The van der Waals surface area contributed by atoms with Crippen LogP contribution in [0.25, 0.3) is 0 Å². The summed E-state index contributed by atoms with van der Waals surface area (Å²) in [7, 11) is 1.72. The van der Waals surface area contributed by atoms with Gasteiger partial charge in [0, 0.05) is 11.9 Å². The minimum atomic E-state index is -0.0911. The van der Waals surface area contributed by atoms with Crippen LogP contribution in [-0.2, 0) is 31.4 Å². The summed E-state index contributed by atoms with van der Waals surface area (Å²) in [5.41, 5.74) is 2.61. The van der Waals surface area contributed by atoms with E-state index in [-0.39, 0.29) is 16.7 Å². The first-order valence-corrected chi connectivity index (χ1v) is 8.51. The number of carbonyl (C=O) groups excluding carboxylic acids is 1. The average Bonchev–Trinajstić information content (AvgIpc) is 3.15. The highest BCUT2D eigenvalue weighted by atomic mass is 32.2. The van der Waals surface area contributed by atoms with Crippen molar-refractivity contribution in [3.63, 3.8) is 0 Å². The highest BCUT2D eigenvalue weighted by Gasteiger charge is 2.35. The maximum Gasteiger partial charge on any atom is 0.258 e. The minimum Gasteiger partial charge on any atom is -0.331 e. The third kappa shape index (κ3) is 2.28. The maximum atomic E-state index is 12.8. The van der Waals surface area contributed by atoms with Crippen LogP contribution in [0.3, 0.4) is 0 Å². The fourth-order valence-corrected chi connectivity index (χ4v) is 4.49. The Morgan fingerprint density at radius 3 is 2.87 bits per heavy atom. The predicted molar refractivity (Wildman–Crippen MR) is 88.3 cm³/mol. The molecule has 5 nitrogen and oxygen atoms in total. The number of rotatable bonds is 1. The summed E-state index contributed by atoms with van der Waals surface area (Å²) < 4.78 is 1.55. The number of benzene rings is 1. The van der Waals surface area contributed by atoms with Crippen molar-refractivity contribution in [1.29, 1.82) is 0 Å². The van der Waals surface area contributed by atoms with Crippen LogP contribution in [0.2, 0.25) is 0 Å². The van der Waals surface area contributed by atoms with E-state index < -0.39 is 0 Å². The second-order valence-corrected chi connectivity index (χ2v) is 7.31. The molecule has 1 aromatic heterocycles. The smallest absolute Gasteiger partial charge is 0.258 e. The van der Waals surface area contributed by atoms with Crippen LogP contribution in [0.15, 0.2) is 34.0 Å². The van der Waals surface area contributed by atoms with Gasteiger partial charge in [0.2, 0.25) is 5.91 Å². The first kappa shape index (κ1) is 14.5. The second-order valence-electron chi connectivity index (χ2n) is 6.06. The SMILES string of the molecule is Cc1nc2c(c(=O)n1C)CN(C(=O)C1Cc3ccccc3S1)C2. The Hall–Kier alpha value is -2.08. The summed E-state index contributed by atoms with van der Waals surface area (Å²) >= 11 is 1.63. The van der Waals surface area contributed by atoms with Crippen molar-refractivity contribution in [2.24, 2.45) is 7.05 Å². The quantitative estimate of drug-likeness (QED) is 0.799. The number of nitrogens with zero attached hydrogens (tertiary/aromatic N) is 3. The molecule has 0 saturated carbocycles. The molecule has 1 atom stereocenters. The molecule has 0 aliphatic carbocycles. The lowest BCUT2D eigenvalue weighted by molar-refractivity contribution is -0.131. The van der Waals surface area contributed by atoms with Gasteiger partial charge in [-0.3, -0.25) is 14.2 Å². The van der Waals surface area contributed by atoms with Gasteiger partial charge in [0.15, 0.2) is 0 Å². The second kappa shape index (κ2) is 5.23. The van der Waals surface area contributed by atoms with E-state index in [9.17, 15) is 9.59 Å². The van der Waals surface area contributed by atoms with Crippen LogP contribution >= 0.6 is 11.8 Å². The molecule has 1 aromatic carbocycles. The van der Waals surface area contributed by atoms with E-state index >= 15 is 0 Å². The first-order chi connectivity index (χ1) is 11.0. The van der Waals surface area contributed by atoms with E-state index in [1.54, 1.807) is 28.3 Å². The molecule has 0 spiro atoms. The molecule has 4 rings (SSSR count). The predicted octanol–water partition coefficient (Wildman–Crippen LogP) is 1.65. The summed E-state index contributed by atoms with van der Waals surface area (Å²) in [4.78, 5) is 32.6. The summed E-state index contributed by atoms with van der Waals surface area (Å²) in [6.07, 6.45) is 0.761. The molecule has 0 N–H and O–H groups in total. The fraction of sp³-hybridized carbons (Fsp3) is 0.353. The van der Waals surface area contributed by atoms with Crippen molar-refractivity contribution in [1.82, 2.24) is 14.5 Å². The average molecular weight is 327 g/mol. The first-order valence-electron chi connectivity index (χ1n) is 7.63. The maximum absolute atomic E-state index is 12.8. The molecular weight excluding hydrogens is 310 g/mol. The highest BCUT2D eigenvalue weighted by molar-refractivity contribution is 8.01. The zero-order valence-corrected chi connectivity index (χ0v) is 13.9. The highest BCUT2D eigenvalue weighted by Crippen LogP contribution is 2.38. The van der Waals surface area contributed by atoms with Gasteiger partial charge in [-0.1, -0.05) is 18.2 Å². The molecule has 0 bridgehead atoms. The van der Waals surface area contributed by atoms with Gasteiger partial charge >= 0.3 is 0 Å². The Morgan fingerprint density at radius 1 is 1.30 bits per heavy atom. The van der Waals surface area contributed by atoms with Crippen molar-refractivity contribution in [3.8, 4) is 0 Å². The zero-order chi connectivity index (χ0) is 16.1. The van der Waals surface area contributed by atoms with Gasteiger partial charge in [-0.15, -0.1) is 11.8 Å². The van der Waals surface area contributed by atoms with Crippen molar-refractivity contribution in [3.05, 3.63) is 57.3 Å². The van der Waals surface area contributed by atoms with Crippen molar-refractivity contribution >= 4 is 17.7 Å². The Kier molecular flexibility index (Phi) is 3.30. The Labute approximate surface area is 138 Å². The van der Waals surface area contributed by atoms with E-state index in [0.29, 0.717) is 24.5 Å². The minimum absolute atomic E-state index is 0.0369. The fourth-order valence-electron chi connectivity index (χ4n) is 3.21. The third-order valence-electron chi connectivity index (χ3n) is 4.62. The summed E-state index contributed by atoms with van der Waals surface area (Å²) in [6, 6.07) is 8.15. The molecule has 2 aliphatic rings. The van der Waals surface area contributed by atoms with Gasteiger partial charge in [-0.25, -0.2) is 4.98 Å². The van der Waals surface area contributed by atoms with Crippen molar-refractivity contribution in [2.75, 3.05) is 0 Å². The van der Waals surface area contributed by atoms with E-state index in [2.05, 4.69) is 17.1 Å². The number of aromatic nitrogens is 2. The molecule has 1 amide bonds. The van der Waals surface area contributed by atoms with E-state index in [0.717, 1.165) is 12.1 Å². The monoisotopic (exact) mass is 327 g/mol. The van der Waals surface area contributed by atoms with Crippen molar-refractivity contribution < 1.29 is 4.79 Å². The summed E-state index contributed by atoms with van der Waals surface area (Å²) in [5, 5.41) is -0.0911. The third-order valence-corrected chi connectivity index (χ3v) is 5.92. The molecule has 6 heteroatoms. The molecule has 118 valence electrons. The van der Waals surface area contributed by atoms with Crippen LogP contribution in [0, 0.1) is 6.92 Å². The Balaban J connectivity index is 1.56. The molecular formula is C17H17N3O2S. The Morgan fingerprint density at radius 2 is 2.09 bits per heavy atom. The number of thioether (sulfide) groups is 1. The van der Waals surface area contributed by atoms with Crippen molar-refractivity contribution in [2.45, 2.75) is 36.6 Å². The molecule has 0 saturated heterocycles. The van der Waals surface area contributed by atoms with E-state index in [4.69, 9.17) is 0 Å². The van der Waals surface area contributed by atoms with Crippen LogP contribution in [0.4, 0.5) is 0 Å². The zero-order valence-electron chi connectivity index (χ0n) is 13.1. The molecule has 0 radical (unpaired) electrons. The summed E-state index contributed by atoms with van der Waals surface area (Å²) in [5.74, 6) is 0.787.